The molecule has 3 unspecified atom stereocenters. The number of rotatable bonds is 15. The number of esters is 1. The van der Waals surface area contributed by atoms with Gasteiger partial charge in [0.15, 0.2) is 15.9 Å². The number of fused-ring (bicyclic) bond motifs is 1. The van der Waals surface area contributed by atoms with Crippen molar-refractivity contribution in [1.29, 1.82) is 0 Å². The molecule has 250 valence electrons. The molecule has 0 bridgehead atoms. The van der Waals surface area contributed by atoms with Crippen LogP contribution in [0.15, 0.2) is 76.5 Å². The molecule has 0 saturated heterocycles. The van der Waals surface area contributed by atoms with Crippen LogP contribution in [-0.4, -0.2) is 57.9 Å². The second kappa shape index (κ2) is 16.2. The van der Waals surface area contributed by atoms with Gasteiger partial charge in [0.1, 0.15) is 18.1 Å². The molecule has 1 heterocycles. The fraction of sp³-hybridized carbons (Fsp3) is 0.486. The standard InChI is InChI=1S/C37H48O7S2/c1-6-8-19-37(20-9-7-2)24-30(27-13-11-10-12-14-27)29-22-33(45-5)32(44-25-31(38)36(39)43-4)23-34(29)46(40,41)35(37)21-26-15-17-28(42-3)18-16-26/h10-18,22-23,30-31,35,38H,6-9,19-21,24-25H2,1-5H3. The monoisotopic (exact) mass is 668 g/mol. The number of carbonyl (C=O) groups excluding carboxylic acids is 1. The molecular weight excluding hydrogens is 621 g/mol. The SMILES string of the molecule is CCCCC1(CCCC)CC(c2ccccc2)c2cc(SC)c(OCC(O)C(=O)OC)cc2S(=O)(=O)C1Cc1ccc(OC)cc1. The normalized spacial score (nSPS) is 19.0. The summed E-state index contributed by atoms with van der Waals surface area (Å²) < 4.78 is 46.6. The van der Waals surface area contributed by atoms with E-state index in [-0.39, 0.29) is 17.4 Å². The molecule has 3 atom stereocenters. The molecule has 1 N–H and O–H groups in total. The predicted molar refractivity (Wildman–Crippen MR) is 184 cm³/mol. The Kier molecular flexibility index (Phi) is 12.6. The van der Waals surface area contributed by atoms with E-state index in [1.54, 1.807) is 13.2 Å². The lowest BCUT2D eigenvalue weighted by molar-refractivity contribution is -0.151. The Balaban J connectivity index is 1.98. The Bertz CT molecular complexity index is 1530. The van der Waals surface area contributed by atoms with Gasteiger partial charge in [-0.15, -0.1) is 11.8 Å². The second-order valence-corrected chi connectivity index (χ2v) is 15.2. The maximum atomic E-state index is 15.3. The van der Waals surface area contributed by atoms with Crippen LogP contribution in [0.25, 0.3) is 0 Å². The lowest BCUT2D eigenvalue weighted by Crippen LogP contribution is -2.42. The number of sulfone groups is 1. The van der Waals surface area contributed by atoms with E-state index < -0.39 is 32.6 Å². The Morgan fingerprint density at radius 2 is 1.65 bits per heavy atom. The number of carbonyl (C=O) groups is 1. The lowest BCUT2D eigenvalue weighted by atomic mass is 9.66. The van der Waals surface area contributed by atoms with Gasteiger partial charge in [0.05, 0.1) is 24.4 Å². The Morgan fingerprint density at radius 1 is 1.00 bits per heavy atom. The number of methoxy groups -OCH3 is 2. The minimum Gasteiger partial charge on any atom is -0.497 e. The maximum Gasteiger partial charge on any atom is 0.338 e. The van der Waals surface area contributed by atoms with E-state index in [1.165, 1.54) is 18.9 Å². The van der Waals surface area contributed by atoms with Gasteiger partial charge >= 0.3 is 5.97 Å². The summed E-state index contributed by atoms with van der Waals surface area (Å²) in [5.74, 6) is 0.0858. The van der Waals surface area contributed by atoms with Crippen LogP contribution in [0.2, 0.25) is 0 Å². The molecule has 9 heteroatoms. The topological polar surface area (TPSA) is 99.1 Å². The number of hydrogen-bond donors (Lipinski definition) is 1. The number of ether oxygens (including phenoxy) is 3. The number of unbranched alkanes of at least 4 members (excludes halogenated alkanes) is 2. The molecule has 3 aromatic rings. The molecule has 1 aliphatic heterocycles. The molecule has 0 aromatic heterocycles. The van der Waals surface area contributed by atoms with Crippen molar-refractivity contribution in [1.82, 2.24) is 0 Å². The minimum atomic E-state index is -3.92. The molecule has 0 amide bonds. The molecular formula is C37H48O7S2. The summed E-state index contributed by atoms with van der Waals surface area (Å²) in [5, 5.41) is 9.59. The summed E-state index contributed by atoms with van der Waals surface area (Å²) in [6.45, 7) is 3.98. The summed E-state index contributed by atoms with van der Waals surface area (Å²) >= 11 is 1.44. The van der Waals surface area contributed by atoms with Crippen molar-refractivity contribution in [3.05, 3.63) is 83.4 Å². The quantitative estimate of drug-likeness (QED) is 0.131. The first-order chi connectivity index (χ1) is 22.1. The van der Waals surface area contributed by atoms with E-state index in [9.17, 15) is 9.90 Å². The first kappa shape index (κ1) is 35.8. The van der Waals surface area contributed by atoms with Crippen molar-refractivity contribution in [2.75, 3.05) is 27.1 Å². The van der Waals surface area contributed by atoms with Gasteiger partial charge in [-0.1, -0.05) is 82.0 Å². The summed E-state index contributed by atoms with van der Waals surface area (Å²) in [7, 11) is -1.10. The highest BCUT2D eigenvalue weighted by molar-refractivity contribution is 7.98. The largest absolute Gasteiger partial charge is 0.497 e. The van der Waals surface area contributed by atoms with Crippen molar-refractivity contribution < 1.29 is 32.5 Å². The van der Waals surface area contributed by atoms with Crippen molar-refractivity contribution in [3.63, 3.8) is 0 Å². The second-order valence-electron chi connectivity index (χ2n) is 12.2. The third-order valence-electron chi connectivity index (χ3n) is 9.35. The van der Waals surface area contributed by atoms with E-state index in [4.69, 9.17) is 9.47 Å². The first-order valence-corrected chi connectivity index (χ1v) is 18.9. The summed E-state index contributed by atoms with van der Waals surface area (Å²) in [6, 6.07) is 21.5. The molecule has 4 rings (SSSR count). The third kappa shape index (κ3) is 7.92. The molecule has 0 spiro atoms. The molecule has 0 aliphatic carbocycles. The van der Waals surface area contributed by atoms with Crippen LogP contribution in [0, 0.1) is 5.41 Å². The smallest absolute Gasteiger partial charge is 0.338 e. The Hall–Kier alpha value is -3.01. The zero-order valence-corrected chi connectivity index (χ0v) is 29.3. The minimum absolute atomic E-state index is 0.152. The van der Waals surface area contributed by atoms with Gasteiger partial charge in [-0.25, -0.2) is 13.2 Å². The first-order valence-electron chi connectivity index (χ1n) is 16.2. The highest BCUT2D eigenvalue weighted by atomic mass is 32.2. The van der Waals surface area contributed by atoms with Crippen molar-refractivity contribution in [2.24, 2.45) is 5.41 Å². The third-order valence-corrected chi connectivity index (χ3v) is 12.5. The fourth-order valence-corrected chi connectivity index (χ4v) is 9.92. The predicted octanol–water partition coefficient (Wildman–Crippen LogP) is 7.62. The van der Waals surface area contributed by atoms with Crippen LogP contribution in [0.4, 0.5) is 0 Å². The molecule has 0 radical (unpaired) electrons. The summed E-state index contributed by atoms with van der Waals surface area (Å²) in [4.78, 5) is 12.9. The number of thioether (sulfide) groups is 1. The molecule has 0 saturated carbocycles. The summed E-state index contributed by atoms with van der Waals surface area (Å²) in [5.41, 5.74) is 2.32. The van der Waals surface area contributed by atoms with Crippen LogP contribution in [0.3, 0.4) is 0 Å². The molecule has 7 nitrogen and oxygen atoms in total. The van der Waals surface area contributed by atoms with Gasteiger partial charge in [-0.2, -0.15) is 0 Å². The van der Waals surface area contributed by atoms with Gasteiger partial charge in [-0.05, 0) is 72.2 Å². The average molecular weight is 669 g/mol. The highest BCUT2D eigenvalue weighted by Crippen LogP contribution is 2.55. The zero-order chi connectivity index (χ0) is 33.3. The van der Waals surface area contributed by atoms with Crippen LogP contribution in [-0.2, 0) is 25.8 Å². The van der Waals surface area contributed by atoms with Gasteiger partial charge in [0.2, 0.25) is 0 Å². The lowest BCUT2D eigenvalue weighted by Gasteiger charge is -2.41. The van der Waals surface area contributed by atoms with Gasteiger partial charge in [0, 0.05) is 16.9 Å². The highest BCUT2D eigenvalue weighted by Gasteiger charge is 2.51. The van der Waals surface area contributed by atoms with Crippen LogP contribution >= 0.6 is 11.8 Å². The van der Waals surface area contributed by atoms with E-state index in [2.05, 4.69) is 30.7 Å². The molecule has 46 heavy (non-hydrogen) atoms. The van der Waals surface area contributed by atoms with Gasteiger partial charge in [0.25, 0.3) is 0 Å². The van der Waals surface area contributed by atoms with E-state index in [0.717, 1.165) is 65.9 Å². The van der Waals surface area contributed by atoms with Crippen LogP contribution in [0.1, 0.15) is 81.4 Å². The van der Waals surface area contributed by atoms with Gasteiger partial charge < -0.3 is 19.3 Å². The fourth-order valence-electron chi connectivity index (χ4n) is 6.84. The number of aliphatic hydroxyl groups is 1. The van der Waals surface area contributed by atoms with Gasteiger partial charge in [-0.3, -0.25) is 0 Å². The molecule has 1 aliphatic rings. The van der Waals surface area contributed by atoms with Crippen molar-refractivity contribution >= 4 is 27.6 Å². The van der Waals surface area contributed by atoms with Crippen LogP contribution < -0.4 is 9.47 Å². The van der Waals surface area contributed by atoms with Crippen molar-refractivity contribution in [3.8, 4) is 11.5 Å². The zero-order valence-electron chi connectivity index (χ0n) is 27.7. The maximum absolute atomic E-state index is 15.3. The van der Waals surface area contributed by atoms with E-state index in [1.807, 2.05) is 54.8 Å². The molecule has 3 aromatic carbocycles. The Morgan fingerprint density at radius 3 is 2.22 bits per heavy atom. The van der Waals surface area contributed by atoms with Crippen molar-refractivity contribution in [2.45, 2.75) is 92.3 Å². The Labute approximate surface area is 279 Å². The number of benzene rings is 3. The van der Waals surface area contributed by atoms with Crippen LogP contribution in [0.5, 0.6) is 11.5 Å². The van der Waals surface area contributed by atoms with E-state index >= 15 is 8.42 Å². The molecule has 0 fully saturated rings. The summed E-state index contributed by atoms with van der Waals surface area (Å²) in [6.07, 6.45) is 6.94. The number of aliphatic hydroxyl groups excluding tert-OH is 1. The number of hydrogen-bond acceptors (Lipinski definition) is 8. The average Bonchev–Trinajstić information content (AvgIpc) is 3.16. The van der Waals surface area contributed by atoms with E-state index in [0.29, 0.717) is 18.6 Å².